The van der Waals surface area contributed by atoms with E-state index in [1.807, 2.05) is 24.3 Å². The van der Waals surface area contributed by atoms with Gasteiger partial charge in [0.1, 0.15) is 11.6 Å². The average Bonchev–Trinajstić information content (AvgIpc) is 3.39. The van der Waals surface area contributed by atoms with Crippen molar-refractivity contribution in [2.24, 2.45) is 0 Å². The molecular formula is C21H22FNO. The van der Waals surface area contributed by atoms with Gasteiger partial charge in [-0.15, -0.1) is 0 Å². The molecule has 0 radical (unpaired) electrons. The molecule has 3 rings (SSSR count). The molecule has 1 aliphatic rings. The van der Waals surface area contributed by atoms with Gasteiger partial charge in [-0.05, 0) is 41.3 Å². The molecule has 0 aromatic heterocycles. The Morgan fingerprint density at radius 2 is 1.92 bits per heavy atom. The molecule has 1 aliphatic carbocycles. The van der Waals surface area contributed by atoms with Crippen LogP contribution in [-0.2, 0) is 11.3 Å². The molecule has 0 bridgehead atoms. The predicted molar refractivity (Wildman–Crippen MR) is 96.0 cm³/mol. The van der Waals surface area contributed by atoms with Gasteiger partial charge in [-0.25, -0.2) is 4.39 Å². The molecule has 0 aliphatic heterocycles. The predicted octanol–water partition coefficient (Wildman–Crippen LogP) is 4.64. The first-order chi connectivity index (χ1) is 11.7. The lowest BCUT2D eigenvalue weighted by atomic mass is 10.1. The van der Waals surface area contributed by atoms with E-state index in [9.17, 15) is 4.39 Å². The molecule has 0 amide bonds. The van der Waals surface area contributed by atoms with Gasteiger partial charge in [0.2, 0.25) is 0 Å². The molecule has 124 valence electrons. The van der Waals surface area contributed by atoms with Crippen LogP contribution in [0.2, 0.25) is 0 Å². The van der Waals surface area contributed by atoms with Crippen molar-refractivity contribution >= 4 is 6.08 Å². The van der Waals surface area contributed by atoms with Gasteiger partial charge in [0, 0.05) is 18.5 Å². The molecule has 1 fully saturated rings. The van der Waals surface area contributed by atoms with Crippen LogP contribution in [0.5, 0.6) is 0 Å². The number of rotatable bonds is 7. The van der Waals surface area contributed by atoms with Crippen molar-refractivity contribution < 1.29 is 9.13 Å². The van der Waals surface area contributed by atoms with Crippen molar-refractivity contribution in [2.75, 3.05) is 7.11 Å². The molecule has 0 spiro atoms. The van der Waals surface area contributed by atoms with E-state index < -0.39 is 0 Å². The van der Waals surface area contributed by atoms with Crippen LogP contribution in [-0.4, -0.2) is 13.2 Å². The summed E-state index contributed by atoms with van der Waals surface area (Å²) in [7, 11) is 1.61. The van der Waals surface area contributed by atoms with Crippen LogP contribution >= 0.6 is 0 Å². The molecular weight excluding hydrogens is 301 g/mol. The van der Waals surface area contributed by atoms with Gasteiger partial charge in [-0.2, -0.15) is 0 Å². The molecule has 0 heterocycles. The first-order valence-electron chi connectivity index (χ1n) is 8.14. The third kappa shape index (κ3) is 4.33. The quantitative estimate of drug-likeness (QED) is 0.592. The zero-order chi connectivity index (χ0) is 16.9. The lowest BCUT2D eigenvalue weighted by Gasteiger charge is -2.05. The van der Waals surface area contributed by atoms with E-state index in [1.165, 1.54) is 23.3 Å². The maximum absolute atomic E-state index is 13.0. The number of halogens is 1. The fraction of sp³-hybridized carbons (Fsp3) is 0.238. The number of allylic oxidation sites excluding steroid dienone is 1. The Labute approximate surface area is 142 Å². The Kier molecular flexibility index (Phi) is 5.11. The molecule has 2 unspecified atom stereocenters. The van der Waals surface area contributed by atoms with Crippen LogP contribution in [0.3, 0.4) is 0 Å². The summed E-state index contributed by atoms with van der Waals surface area (Å²) in [4.78, 5) is 0. The standard InChI is InChI=1S/C21H22FNO/c1-15(24-2)3-4-16-5-7-17(8-6-16)14-23-21-13-20(21)18-9-11-19(22)12-10-18/h3-12,20-21,23H,1,13-14H2,2H3/b4-3+. The summed E-state index contributed by atoms with van der Waals surface area (Å²) in [5.74, 6) is 0.973. The summed E-state index contributed by atoms with van der Waals surface area (Å²) < 4.78 is 18.0. The number of benzene rings is 2. The van der Waals surface area contributed by atoms with Crippen molar-refractivity contribution in [2.45, 2.75) is 24.9 Å². The molecule has 0 saturated heterocycles. The van der Waals surface area contributed by atoms with Crippen LogP contribution in [0.1, 0.15) is 29.0 Å². The van der Waals surface area contributed by atoms with Crippen molar-refractivity contribution in [3.63, 3.8) is 0 Å². The van der Waals surface area contributed by atoms with Gasteiger partial charge >= 0.3 is 0 Å². The summed E-state index contributed by atoms with van der Waals surface area (Å²) in [6.45, 7) is 4.60. The summed E-state index contributed by atoms with van der Waals surface area (Å²) in [5.41, 5.74) is 3.59. The summed E-state index contributed by atoms with van der Waals surface area (Å²) in [6.07, 6.45) is 4.95. The minimum Gasteiger partial charge on any atom is -0.497 e. The smallest absolute Gasteiger partial charge is 0.123 e. The van der Waals surface area contributed by atoms with Gasteiger partial charge in [0.25, 0.3) is 0 Å². The van der Waals surface area contributed by atoms with E-state index in [0.717, 1.165) is 18.5 Å². The van der Waals surface area contributed by atoms with E-state index in [0.29, 0.717) is 17.7 Å². The maximum atomic E-state index is 13.0. The van der Waals surface area contributed by atoms with Gasteiger partial charge in [-0.1, -0.05) is 49.1 Å². The number of methoxy groups -OCH3 is 1. The second-order valence-electron chi connectivity index (χ2n) is 6.13. The third-order valence-corrected chi connectivity index (χ3v) is 4.36. The second-order valence-corrected chi connectivity index (χ2v) is 6.13. The van der Waals surface area contributed by atoms with Crippen molar-refractivity contribution in [1.29, 1.82) is 0 Å². The minimum absolute atomic E-state index is 0.174. The Balaban J connectivity index is 1.48. The second kappa shape index (κ2) is 7.45. The van der Waals surface area contributed by atoms with Crippen LogP contribution < -0.4 is 5.32 Å². The SMILES string of the molecule is C=C(/C=C/c1ccc(CNC2CC2c2ccc(F)cc2)cc1)OC. The molecule has 3 heteroatoms. The Morgan fingerprint density at radius 1 is 1.21 bits per heavy atom. The highest BCUT2D eigenvalue weighted by Gasteiger charge is 2.37. The van der Waals surface area contributed by atoms with Gasteiger partial charge in [0.15, 0.2) is 0 Å². The first-order valence-corrected chi connectivity index (χ1v) is 8.14. The van der Waals surface area contributed by atoms with Gasteiger partial charge in [-0.3, -0.25) is 0 Å². The average molecular weight is 323 g/mol. The Morgan fingerprint density at radius 3 is 2.58 bits per heavy atom. The number of hydrogen-bond donors (Lipinski definition) is 1. The topological polar surface area (TPSA) is 21.3 Å². The lowest BCUT2D eigenvalue weighted by Crippen LogP contribution is -2.17. The maximum Gasteiger partial charge on any atom is 0.123 e. The zero-order valence-electron chi connectivity index (χ0n) is 13.8. The van der Waals surface area contributed by atoms with Crippen LogP contribution in [0.4, 0.5) is 4.39 Å². The highest BCUT2D eigenvalue weighted by atomic mass is 19.1. The Bertz CT molecular complexity index is 719. The number of nitrogens with one attached hydrogen (secondary N) is 1. The third-order valence-electron chi connectivity index (χ3n) is 4.36. The van der Waals surface area contributed by atoms with Crippen LogP contribution in [0.15, 0.2) is 66.9 Å². The Hall–Kier alpha value is -2.39. The first kappa shape index (κ1) is 16.5. The number of ether oxygens (including phenoxy) is 1. The monoisotopic (exact) mass is 323 g/mol. The van der Waals surface area contributed by atoms with E-state index in [2.05, 4.69) is 36.2 Å². The van der Waals surface area contributed by atoms with Crippen LogP contribution in [0, 0.1) is 5.82 Å². The van der Waals surface area contributed by atoms with E-state index in [4.69, 9.17) is 4.74 Å². The van der Waals surface area contributed by atoms with E-state index in [1.54, 1.807) is 7.11 Å². The zero-order valence-corrected chi connectivity index (χ0v) is 13.8. The largest absolute Gasteiger partial charge is 0.497 e. The summed E-state index contributed by atoms with van der Waals surface area (Å²) >= 11 is 0. The fourth-order valence-electron chi connectivity index (χ4n) is 2.75. The van der Waals surface area contributed by atoms with E-state index >= 15 is 0 Å². The summed E-state index contributed by atoms with van der Waals surface area (Å²) in [6, 6.07) is 15.7. The molecule has 2 atom stereocenters. The van der Waals surface area contributed by atoms with Crippen molar-refractivity contribution in [1.82, 2.24) is 5.32 Å². The summed E-state index contributed by atoms with van der Waals surface area (Å²) in [5, 5.41) is 3.57. The minimum atomic E-state index is -0.174. The van der Waals surface area contributed by atoms with Gasteiger partial charge in [0.05, 0.1) is 7.11 Å². The molecule has 24 heavy (non-hydrogen) atoms. The van der Waals surface area contributed by atoms with E-state index in [-0.39, 0.29) is 5.82 Å². The lowest BCUT2D eigenvalue weighted by molar-refractivity contribution is 0.309. The molecule has 1 saturated carbocycles. The highest BCUT2D eigenvalue weighted by Crippen LogP contribution is 2.40. The number of hydrogen-bond acceptors (Lipinski definition) is 2. The molecule has 1 N–H and O–H groups in total. The molecule has 2 aromatic carbocycles. The fourth-order valence-corrected chi connectivity index (χ4v) is 2.75. The van der Waals surface area contributed by atoms with Crippen LogP contribution in [0.25, 0.3) is 6.08 Å². The highest BCUT2D eigenvalue weighted by molar-refractivity contribution is 5.52. The van der Waals surface area contributed by atoms with Crippen molar-refractivity contribution in [3.8, 4) is 0 Å². The van der Waals surface area contributed by atoms with Gasteiger partial charge < -0.3 is 10.1 Å². The van der Waals surface area contributed by atoms with Crippen molar-refractivity contribution in [3.05, 3.63) is 89.5 Å². The normalized spacial score (nSPS) is 19.4. The molecule has 2 nitrogen and oxygen atoms in total. The molecule has 2 aromatic rings.